The fraction of sp³-hybridized carbons (Fsp3) is 0.375. The van der Waals surface area contributed by atoms with Gasteiger partial charge < -0.3 is 0 Å². The van der Waals surface area contributed by atoms with Crippen LogP contribution >= 0.6 is 17.0 Å². The third-order valence-electron chi connectivity index (χ3n) is 2.58. The number of aryl methyl sites for hydroxylation is 3. The van der Waals surface area contributed by atoms with E-state index in [1.807, 2.05) is 0 Å². The first kappa shape index (κ1) is 20.4. The van der Waals surface area contributed by atoms with Crippen LogP contribution in [0.1, 0.15) is 23.6 Å². The largest absolute Gasteiger partial charge is 0.208 e. The van der Waals surface area contributed by atoms with E-state index in [0.717, 1.165) is 6.42 Å². The van der Waals surface area contributed by atoms with Crippen LogP contribution in [-0.4, -0.2) is 5.43 Å². The maximum atomic E-state index is 5.62. The molecule has 0 spiro atoms. The summed E-state index contributed by atoms with van der Waals surface area (Å²) >= 11 is -1.65. The molecule has 4 heteroatoms. The zero-order valence-corrected chi connectivity index (χ0v) is 18.0. The molecule has 2 rings (SSSR count). The second-order valence-electron chi connectivity index (χ2n) is 4.87. The molecule has 0 amide bonds. The topological polar surface area (TPSA) is 0 Å². The van der Waals surface area contributed by atoms with Gasteiger partial charge in [0.15, 0.2) is 0 Å². The van der Waals surface area contributed by atoms with Gasteiger partial charge in [-0.2, -0.15) is 41.5 Å². The van der Waals surface area contributed by atoms with Crippen molar-refractivity contribution in [2.45, 2.75) is 40.3 Å². The van der Waals surface area contributed by atoms with Crippen molar-refractivity contribution >= 4 is 22.5 Å². The van der Waals surface area contributed by atoms with E-state index in [1.54, 1.807) is 0 Å². The average molecular weight is 407 g/mol. The summed E-state index contributed by atoms with van der Waals surface area (Å²) < 4.78 is 0. The molecule has 0 atom stereocenters. The number of hydrogen-bond acceptors (Lipinski definition) is 0. The number of halogens is 2. The van der Waals surface area contributed by atoms with Crippen LogP contribution in [0.4, 0.5) is 0 Å². The molecule has 0 aliphatic heterocycles. The van der Waals surface area contributed by atoms with Crippen molar-refractivity contribution in [1.29, 1.82) is 0 Å². The average Bonchev–Trinajstić information content (AvgIpc) is 3.02. The van der Waals surface area contributed by atoms with E-state index in [0.29, 0.717) is 0 Å². The van der Waals surface area contributed by atoms with Crippen LogP contribution in [0.2, 0.25) is 13.1 Å². The Morgan fingerprint density at radius 2 is 1.80 bits per heavy atom. The van der Waals surface area contributed by atoms with Crippen LogP contribution in [0.25, 0.3) is 0 Å². The summed E-state index contributed by atoms with van der Waals surface area (Å²) in [5, 5.41) is 0. The Morgan fingerprint density at radius 1 is 1.20 bits per heavy atom. The Balaban J connectivity index is 0.000000272. The Labute approximate surface area is 139 Å². The molecule has 0 saturated carbocycles. The summed E-state index contributed by atoms with van der Waals surface area (Å²) in [7, 11) is 11.2. The van der Waals surface area contributed by atoms with Gasteiger partial charge >= 0.3 is 53.5 Å². The number of rotatable bonds is 1. The first-order valence-corrected chi connectivity index (χ1v) is 19.3. The van der Waals surface area contributed by atoms with E-state index in [2.05, 4.69) is 76.3 Å². The van der Waals surface area contributed by atoms with Gasteiger partial charge in [0, 0.05) is 0 Å². The molecule has 2 aromatic carbocycles. The minimum Gasteiger partial charge on any atom is -0.208 e. The predicted octanol–water partition coefficient (Wildman–Crippen LogP) is 6.15. The SMILES string of the molecule is CCc1cc[cH-]c1.C[Si](C)=[Zr]([Cl])[Cl].Cc1c[cH-]c(C)c1. The Morgan fingerprint density at radius 3 is 1.95 bits per heavy atom. The third-order valence-corrected chi connectivity index (χ3v) is 22.3. The van der Waals surface area contributed by atoms with Crippen molar-refractivity contribution in [2.75, 3.05) is 0 Å². The zero-order valence-electron chi connectivity index (χ0n) is 13.0. The molecule has 0 radical (unpaired) electrons. The van der Waals surface area contributed by atoms with Crippen molar-refractivity contribution in [3.05, 3.63) is 59.2 Å². The van der Waals surface area contributed by atoms with Gasteiger partial charge in [-0.3, -0.25) is 0 Å². The van der Waals surface area contributed by atoms with Crippen LogP contribution in [0.5, 0.6) is 0 Å². The molecule has 112 valence electrons. The van der Waals surface area contributed by atoms with E-state index < -0.39 is 18.0 Å². The molecule has 0 heterocycles. The first-order chi connectivity index (χ1) is 9.36. The van der Waals surface area contributed by atoms with Crippen LogP contribution in [-0.2, 0) is 24.4 Å². The van der Waals surface area contributed by atoms with Crippen molar-refractivity contribution in [1.82, 2.24) is 0 Å². The minimum absolute atomic E-state index is 0.224. The smallest absolute Gasteiger partial charge is 0.0635 e. The van der Waals surface area contributed by atoms with Crippen molar-refractivity contribution < 1.29 is 18.0 Å². The van der Waals surface area contributed by atoms with Gasteiger partial charge in [-0.05, 0) is 0 Å². The third kappa shape index (κ3) is 11.1. The minimum atomic E-state index is -1.65. The summed E-state index contributed by atoms with van der Waals surface area (Å²) in [5.41, 5.74) is 3.92. The summed E-state index contributed by atoms with van der Waals surface area (Å²) in [5.74, 6) is 0. The monoisotopic (exact) mass is 404 g/mol. The van der Waals surface area contributed by atoms with E-state index in [4.69, 9.17) is 17.0 Å². The molecule has 0 N–H and O–H groups in total. The van der Waals surface area contributed by atoms with E-state index >= 15 is 0 Å². The molecule has 0 saturated heterocycles. The molecular formula is C16H24Cl2SiZr-2. The molecule has 2 aromatic rings. The van der Waals surface area contributed by atoms with Crippen molar-refractivity contribution in [2.24, 2.45) is 0 Å². The maximum Gasteiger partial charge on any atom is -0.0635 e. The Bertz CT molecular complexity index is 464. The van der Waals surface area contributed by atoms with Gasteiger partial charge in [-0.15, -0.1) is 0 Å². The predicted molar refractivity (Wildman–Crippen MR) is 92.1 cm³/mol. The fourth-order valence-corrected chi connectivity index (χ4v) is 1.37. The summed E-state index contributed by atoms with van der Waals surface area (Å²) in [6, 6.07) is 14.8. The van der Waals surface area contributed by atoms with E-state index in [9.17, 15) is 0 Å². The summed E-state index contributed by atoms with van der Waals surface area (Å²) in [6.45, 7) is 10.7. The first-order valence-electron chi connectivity index (χ1n) is 6.75. The van der Waals surface area contributed by atoms with Crippen LogP contribution < -0.4 is 0 Å². The molecule has 0 aliphatic carbocycles. The van der Waals surface area contributed by atoms with E-state index in [-0.39, 0.29) is 5.43 Å². The molecule has 0 nitrogen and oxygen atoms in total. The van der Waals surface area contributed by atoms with Gasteiger partial charge in [0.1, 0.15) is 0 Å². The maximum absolute atomic E-state index is 5.62. The number of hydrogen-bond donors (Lipinski definition) is 0. The van der Waals surface area contributed by atoms with Gasteiger partial charge in [-0.25, -0.2) is 17.7 Å². The van der Waals surface area contributed by atoms with Crippen molar-refractivity contribution in [3.8, 4) is 0 Å². The van der Waals surface area contributed by atoms with Gasteiger partial charge in [-0.1, -0.05) is 27.2 Å². The van der Waals surface area contributed by atoms with Gasteiger partial charge in [0.05, 0.1) is 0 Å². The standard InChI is InChI=1S/2C7H9.C2H6Si.2ClH.Zr/c1-6-3-4-7(2)5-6;1-2-7-5-3-4-6-7;1-3-2;;;/h3-5H,1-2H3;3-6H,2H2,1H3;1-2H3;2*1H;/q2*-1;;;;+2/p-2. The quantitative estimate of drug-likeness (QED) is 0.393. The molecule has 20 heavy (non-hydrogen) atoms. The molecule has 0 unspecified atom stereocenters. The van der Waals surface area contributed by atoms with Crippen LogP contribution in [0.15, 0.2) is 42.5 Å². The Kier molecular flexibility index (Phi) is 12.2. The summed E-state index contributed by atoms with van der Waals surface area (Å²) in [6.07, 6.45) is 1.16. The normalized spacial score (nSPS) is 8.95. The zero-order chi connectivity index (χ0) is 15.5. The molecule has 0 aliphatic rings. The van der Waals surface area contributed by atoms with Crippen molar-refractivity contribution in [3.63, 3.8) is 0 Å². The van der Waals surface area contributed by atoms with Crippen LogP contribution in [0, 0.1) is 13.8 Å². The second-order valence-corrected chi connectivity index (χ2v) is 27.9. The summed E-state index contributed by atoms with van der Waals surface area (Å²) in [4.78, 5) is 0. The fourth-order valence-electron chi connectivity index (χ4n) is 1.37. The molecule has 0 aromatic heterocycles. The molecular weight excluding hydrogens is 382 g/mol. The van der Waals surface area contributed by atoms with E-state index in [1.165, 1.54) is 16.7 Å². The second kappa shape index (κ2) is 12.0. The Hall–Kier alpha value is 0.380. The van der Waals surface area contributed by atoms with Gasteiger partial charge in [0.25, 0.3) is 0 Å². The molecule has 0 fully saturated rings. The van der Waals surface area contributed by atoms with Gasteiger partial charge in [0.2, 0.25) is 0 Å². The molecule has 0 bridgehead atoms. The van der Waals surface area contributed by atoms with Crippen LogP contribution in [0.3, 0.4) is 0 Å².